The second-order valence-electron chi connectivity index (χ2n) is 5.42. The third-order valence-electron chi connectivity index (χ3n) is 3.43. The molecule has 0 aromatic heterocycles. The number of ether oxygens (including phenoxy) is 1. The molecule has 2 rings (SSSR count). The van der Waals surface area contributed by atoms with E-state index < -0.39 is 12.1 Å². The average Bonchev–Trinajstić information content (AvgIpc) is 2.62. The van der Waals surface area contributed by atoms with Crippen molar-refractivity contribution in [2.45, 2.75) is 19.4 Å². The van der Waals surface area contributed by atoms with Crippen molar-refractivity contribution in [2.75, 3.05) is 6.61 Å². The minimum Gasteiger partial charge on any atom is -0.508 e. The molecule has 0 saturated carbocycles. The largest absolute Gasteiger partial charge is 0.508 e. The Labute approximate surface area is 151 Å². The van der Waals surface area contributed by atoms with Crippen molar-refractivity contribution in [1.82, 2.24) is 10.7 Å². The van der Waals surface area contributed by atoms with Gasteiger partial charge < -0.3 is 15.2 Å². The first-order valence-corrected chi connectivity index (χ1v) is 8.17. The first kappa shape index (κ1) is 19.0. The lowest BCUT2D eigenvalue weighted by Gasteiger charge is -2.18. The van der Waals surface area contributed by atoms with Crippen LogP contribution in [0.15, 0.2) is 59.7 Å². The predicted octanol–water partition coefficient (Wildman–Crippen LogP) is 2.72. The molecule has 0 fully saturated rings. The Bertz CT molecular complexity index is 762. The Hall–Kier alpha value is -3.35. The molecule has 2 aromatic rings. The summed E-state index contributed by atoms with van der Waals surface area (Å²) in [5, 5.41) is 15.9. The normalized spacial score (nSPS) is 11.7. The van der Waals surface area contributed by atoms with Gasteiger partial charge in [-0.2, -0.15) is 5.10 Å². The molecule has 0 bridgehead atoms. The number of hydrogen-bond acceptors (Lipinski definition) is 5. The number of aromatic hydroxyl groups is 1. The number of rotatable bonds is 7. The lowest BCUT2D eigenvalue weighted by molar-refractivity contribution is -0.121. The number of hydrogen-bond donors (Lipinski definition) is 3. The Balaban J connectivity index is 1.98. The van der Waals surface area contributed by atoms with E-state index in [4.69, 9.17) is 4.74 Å². The molecule has 7 nitrogen and oxygen atoms in total. The number of nitrogens with one attached hydrogen (secondary N) is 2. The number of phenolic OH excluding ortho intramolecular Hbond substituents is 1. The van der Waals surface area contributed by atoms with Gasteiger partial charge in [0.1, 0.15) is 5.75 Å². The molecule has 0 radical (unpaired) electrons. The lowest BCUT2D eigenvalue weighted by Crippen LogP contribution is -2.33. The monoisotopic (exact) mass is 355 g/mol. The van der Waals surface area contributed by atoms with E-state index in [2.05, 4.69) is 15.8 Å². The molecule has 0 heterocycles. The maximum atomic E-state index is 12.2. The van der Waals surface area contributed by atoms with Crippen LogP contribution >= 0.6 is 0 Å². The van der Waals surface area contributed by atoms with E-state index in [0.717, 1.165) is 5.56 Å². The highest BCUT2D eigenvalue weighted by molar-refractivity contribution is 5.83. The van der Waals surface area contributed by atoms with Crippen LogP contribution in [0.1, 0.15) is 30.5 Å². The molecule has 2 aromatic carbocycles. The summed E-state index contributed by atoms with van der Waals surface area (Å²) < 4.78 is 4.89. The summed E-state index contributed by atoms with van der Waals surface area (Å²) in [5.74, 6) is -0.255. The quantitative estimate of drug-likeness (QED) is 0.525. The van der Waals surface area contributed by atoms with Crippen LogP contribution in [-0.2, 0) is 9.53 Å². The van der Waals surface area contributed by atoms with Gasteiger partial charge in [0.25, 0.3) is 0 Å². The zero-order valence-corrected chi connectivity index (χ0v) is 14.4. The fraction of sp³-hybridized carbons (Fsp3) is 0.211. The number of benzene rings is 2. The highest BCUT2D eigenvalue weighted by Gasteiger charge is 2.18. The molecule has 26 heavy (non-hydrogen) atoms. The molecule has 3 N–H and O–H groups in total. The number of carbonyl (C=O) groups excluding carboxylic acids is 2. The maximum Gasteiger partial charge on any atom is 0.407 e. The summed E-state index contributed by atoms with van der Waals surface area (Å²) in [7, 11) is 0. The van der Waals surface area contributed by atoms with Gasteiger partial charge in [-0.25, -0.2) is 10.2 Å². The van der Waals surface area contributed by atoms with E-state index in [-0.39, 0.29) is 24.7 Å². The van der Waals surface area contributed by atoms with Crippen molar-refractivity contribution in [3.63, 3.8) is 0 Å². The van der Waals surface area contributed by atoms with Gasteiger partial charge in [-0.15, -0.1) is 0 Å². The Morgan fingerprint density at radius 3 is 2.65 bits per heavy atom. The third kappa shape index (κ3) is 6.27. The number of amides is 2. The second-order valence-corrected chi connectivity index (χ2v) is 5.42. The van der Waals surface area contributed by atoms with Gasteiger partial charge in [0.2, 0.25) is 5.91 Å². The third-order valence-corrected chi connectivity index (χ3v) is 3.43. The number of nitrogens with zero attached hydrogens (tertiary/aromatic N) is 1. The van der Waals surface area contributed by atoms with Crippen molar-refractivity contribution >= 4 is 18.2 Å². The number of carbonyl (C=O) groups is 2. The van der Waals surface area contributed by atoms with E-state index in [1.54, 1.807) is 25.1 Å². The van der Waals surface area contributed by atoms with Gasteiger partial charge in [0, 0.05) is 0 Å². The van der Waals surface area contributed by atoms with Crippen LogP contribution in [0.25, 0.3) is 0 Å². The van der Waals surface area contributed by atoms with Crippen LogP contribution in [0.3, 0.4) is 0 Å². The Morgan fingerprint density at radius 2 is 1.96 bits per heavy atom. The van der Waals surface area contributed by atoms with Gasteiger partial charge in [0.05, 0.1) is 25.3 Å². The SMILES string of the molecule is CCOC(=O)N[C@@H](CC(=O)N/N=C\c1cccc(O)c1)c1ccccc1. The first-order chi connectivity index (χ1) is 12.6. The van der Waals surface area contributed by atoms with E-state index in [0.29, 0.717) is 5.56 Å². The molecule has 136 valence electrons. The molecule has 0 aliphatic heterocycles. The van der Waals surface area contributed by atoms with Gasteiger partial charge in [0.15, 0.2) is 0 Å². The fourth-order valence-electron chi connectivity index (χ4n) is 2.27. The van der Waals surface area contributed by atoms with Gasteiger partial charge >= 0.3 is 6.09 Å². The predicted molar refractivity (Wildman–Crippen MR) is 97.8 cm³/mol. The highest BCUT2D eigenvalue weighted by atomic mass is 16.5. The summed E-state index contributed by atoms with van der Waals surface area (Å²) in [4.78, 5) is 23.9. The zero-order valence-electron chi connectivity index (χ0n) is 14.4. The fourth-order valence-corrected chi connectivity index (χ4v) is 2.27. The summed E-state index contributed by atoms with van der Waals surface area (Å²) in [5.41, 5.74) is 3.85. The second kappa shape index (κ2) is 9.83. The summed E-state index contributed by atoms with van der Waals surface area (Å²) in [6.45, 7) is 1.95. The highest BCUT2D eigenvalue weighted by Crippen LogP contribution is 2.16. The Morgan fingerprint density at radius 1 is 1.19 bits per heavy atom. The van der Waals surface area contributed by atoms with Crippen LogP contribution in [0, 0.1) is 0 Å². The molecule has 0 unspecified atom stereocenters. The van der Waals surface area contributed by atoms with Gasteiger partial charge in [-0.1, -0.05) is 42.5 Å². The Kier molecular flexibility index (Phi) is 7.17. The van der Waals surface area contributed by atoms with E-state index in [1.165, 1.54) is 12.3 Å². The molecule has 0 aliphatic carbocycles. The van der Waals surface area contributed by atoms with Crippen molar-refractivity contribution < 1.29 is 19.4 Å². The number of phenols is 1. The summed E-state index contributed by atoms with van der Waals surface area (Å²) in [6, 6.07) is 15.1. The van der Waals surface area contributed by atoms with E-state index in [9.17, 15) is 14.7 Å². The van der Waals surface area contributed by atoms with Crippen molar-refractivity contribution in [1.29, 1.82) is 0 Å². The van der Waals surface area contributed by atoms with Crippen LogP contribution in [0.5, 0.6) is 5.75 Å². The molecule has 2 amide bonds. The molecule has 1 atom stereocenters. The van der Waals surface area contributed by atoms with Gasteiger partial charge in [-0.05, 0) is 30.2 Å². The molecule has 7 heteroatoms. The lowest BCUT2D eigenvalue weighted by atomic mass is 10.0. The molecule has 0 spiro atoms. The number of alkyl carbamates (subject to hydrolysis) is 1. The van der Waals surface area contributed by atoms with Crippen LogP contribution in [-0.4, -0.2) is 29.9 Å². The van der Waals surface area contributed by atoms with Crippen LogP contribution in [0.4, 0.5) is 4.79 Å². The summed E-state index contributed by atoms with van der Waals surface area (Å²) >= 11 is 0. The first-order valence-electron chi connectivity index (χ1n) is 8.17. The van der Waals surface area contributed by atoms with E-state index >= 15 is 0 Å². The maximum absolute atomic E-state index is 12.2. The van der Waals surface area contributed by atoms with Crippen molar-refractivity contribution in [2.24, 2.45) is 5.10 Å². The van der Waals surface area contributed by atoms with Crippen molar-refractivity contribution in [3.05, 3.63) is 65.7 Å². The summed E-state index contributed by atoms with van der Waals surface area (Å²) in [6.07, 6.45) is 0.839. The molecular formula is C19H21N3O4. The number of hydrazone groups is 1. The minimum absolute atomic E-state index is 0.000206. The van der Waals surface area contributed by atoms with Gasteiger partial charge in [-0.3, -0.25) is 4.79 Å². The van der Waals surface area contributed by atoms with Crippen molar-refractivity contribution in [3.8, 4) is 5.75 Å². The standard InChI is InChI=1S/C19H21N3O4/c1-2-26-19(25)21-17(15-8-4-3-5-9-15)12-18(24)22-20-13-14-7-6-10-16(23)11-14/h3-11,13,17,23H,2,12H2,1H3,(H,21,25)(H,22,24)/b20-13-/t17-/m0/s1. The molecular weight excluding hydrogens is 334 g/mol. The zero-order chi connectivity index (χ0) is 18.8. The minimum atomic E-state index is -0.586. The molecule has 0 saturated heterocycles. The average molecular weight is 355 g/mol. The van der Waals surface area contributed by atoms with Crippen LogP contribution in [0.2, 0.25) is 0 Å². The molecule has 0 aliphatic rings. The van der Waals surface area contributed by atoms with E-state index in [1.807, 2.05) is 30.3 Å². The smallest absolute Gasteiger partial charge is 0.407 e. The van der Waals surface area contributed by atoms with Crippen LogP contribution < -0.4 is 10.7 Å². The topological polar surface area (TPSA) is 100 Å².